The van der Waals surface area contributed by atoms with Crippen LogP contribution in [0.1, 0.15) is 46.0 Å². The third-order valence-corrected chi connectivity index (χ3v) is 8.15. The first-order chi connectivity index (χ1) is 18.1. The van der Waals surface area contributed by atoms with E-state index in [1.807, 2.05) is 19.1 Å². The summed E-state index contributed by atoms with van der Waals surface area (Å²) in [7, 11) is 1.69. The van der Waals surface area contributed by atoms with Crippen LogP contribution in [0.25, 0.3) is 11.1 Å². The van der Waals surface area contributed by atoms with Crippen LogP contribution in [0.3, 0.4) is 0 Å². The van der Waals surface area contributed by atoms with E-state index in [1.165, 1.54) is 27.4 Å². The lowest BCUT2D eigenvalue weighted by Crippen LogP contribution is -2.41. The predicted molar refractivity (Wildman–Crippen MR) is 148 cm³/mol. The van der Waals surface area contributed by atoms with E-state index in [-0.39, 0.29) is 23.5 Å². The molecule has 5 heterocycles. The number of aryl methyl sites for hydroxylation is 2. The highest BCUT2D eigenvalue weighted by atomic mass is 32.1. The summed E-state index contributed by atoms with van der Waals surface area (Å²) in [6.45, 7) is 7.34. The lowest BCUT2D eigenvalue weighted by Gasteiger charge is -2.31. The standard InChI is InChI=1S/C28H30N6O3S/c1-16-9-24(31-38-16)30-21-10-18(14-32(4)26(21)36)19-5-6-29-25(20(19)15-35)34-8-7-33-22(27(34)37)11-17-12-28(2,3)13-23(17)33/h5-6,9-11,14,35H,7-8,12-13,15H2,1-4H3,(H,30,31). The minimum absolute atomic E-state index is 0.107. The zero-order valence-corrected chi connectivity index (χ0v) is 22.7. The van der Waals surface area contributed by atoms with Crippen LogP contribution in [0.15, 0.2) is 41.5 Å². The van der Waals surface area contributed by atoms with E-state index < -0.39 is 0 Å². The highest BCUT2D eigenvalue weighted by Gasteiger charge is 2.37. The number of nitrogens with one attached hydrogen (secondary N) is 1. The van der Waals surface area contributed by atoms with Gasteiger partial charge in [-0.3, -0.25) is 14.5 Å². The van der Waals surface area contributed by atoms with Crippen molar-refractivity contribution in [3.8, 4) is 11.1 Å². The number of aromatic nitrogens is 4. The highest BCUT2D eigenvalue weighted by Crippen LogP contribution is 2.40. The van der Waals surface area contributed by atoms with Crippen molar-refractivity contribution in [2.75, 3.05) is 16.8 Å². The number of fused-ring (bicyclic) bond motifs is 3. The number of rotatable bonds is 5. The topological polar surface area (TPSA) is 105 Å². The number of carbonyl (C=O) groups is 1. The second-order valence-corrected chi connectivity index (χ2v) is 12.0. The van der Waals surface area contributed by atoms with Crippen molar-refractivity contribution in [2.24, 2.45) is 12.5 Å². The molecule has 0 spiro atoms. The molecule has 10 heteroatoms. The van der Waals surface area contributed by atoms with Crippen molar-refractivity contribution in [1.29, 1.82) is 0 Å². The summed E-state index contributed by atoms with van der Waals surface area (Å²) in [5, 5.41) is 13.6. The number of aliphatic hydroxyl groups excluding tert-OH is 1. The fourth-order valence-corrected chi connectivity index (χ4v) is 6.27. The van der Waals surface area contributed by atoms with Gasteiger partial charge in [0.1, 0.15) is 23.0 Å². The number of amides is 1. The van der Waals surface area contributed by atoms with Gasteiger partial charge in [0.2, 0.25) is 0 Å². The molecule has 0 saturated carbocycles. The first kappa shape index (κ1) is 24.6. The molecule has 4 aromatic rings. The normalized spacial score (nSPS) is 16.0. The molecule has 0 unspecified atom stereocenters. The third-order valence-electron chi connectivity index (χ3n) is 7.46. The molecule has 4 aromatic heterocycles. The Morgan fingerprint density at radius 3 is 2.71 bits per heavy atom. The zero-order valence-electron chi connectivity index (χ0n) is 21.9. The predicted octanol–water partition coefficient (Wildman–Crippen LogP) is 4.03. The van der Waals surface area contributed by atoms with Crippen LogP contribution in [-0.4, -0.2) is 36.1 Å². The number of pyridine rings is 2. The number of aliphatic hydroxyl groups is 1. The summed E-state index contributed by atoms with van der Waals surface area (Å²) in [5.41, 5.74) is 5.58. The quantitative estimate of drug-likeness (QED) is 0.404. The number of anilines is 3. The van der Waals surface area contributed by atoms with Gasteiger partial charge in [-0.05, 0) is 72.1 Å². The summed E-state index contributed by atoms with van der Waals surface area (Å²) >= 11 is 1.36. The molecule has 0 fully saturated rings. The van der Waals surface area contributed by atoms with Gasteiger partial charge in [0.05, 0.1) is 6.61 Å². The molecule has 1 amide bonds. The number of hydrogen-bond acceptors (Lipinski definition) is 7. The third kappa shape index (κ3) is 4.04. The first-order valence-electron chi connectivity index (χ1n) is 12.7. The van der Waals surface area contributed by atoms with Crippen LogP contribution in [0.4, 0.5) is 17.3 Å². The van der Waals surface area contributed by atoms with Gasteiger partial charge >= 0.3 is 0 Å². The fourth-order valence-electron chi connectivity index (χ4n) is 5.77. The Kier molecular flexibility index (Phi) is 5.77. The Hall–Kier alpha value is -3.76. The Balaban J connectivity index is 1.38. The SMILES string of the molecule is Cc1cc(Nc2cc(-c3ccnc(N4CCn5c(cc6c5CC(C)(C)C6)C4=O)c3CO)cn(C)c2=O)ns1. The molecule has 2 N–H and O–H groups in total. The van der Waals surface area contributed by atoms with Gasteiger partial charge in [0.15, 0.2) is 0 Å². The lowest BCUT2D eigenvalue weighted by molar-refractivity contribution is 0.0962. The van der Waals surface area contributed by atoms with Gasteiger partial charge in [-0.1, -0.05) is 13.8 Å². The molecule has 1 aliphatic carbocycles. The van der Waals surface area contributed by atoms with Crippen molar-refractivity contribution < 1.29 is 9.90 Å². The van der Waals surface area contributed by atoms with Crippen LogP contribution in [0.2, 0.25) is 0 Å². The number of hydrogen-bond donors (Lipinski definition) is 2. The van der Waals surface area contributed by atoms with Crippen LogP contribution >= 0.6 is 11.5 Å². The largest absolute Gasteiger partial charge is 0.392 e. The first-order valence-corrected chi connectivity index (χ1v) is 13.5. The van der Waals surface area contributed by atoms with Crippen molar-refractivity contribution in [3.05, 3.63) is 74.4 Å². The van der Waals surface area contributed by atoms with E-state index >= 15 is 0 Å². The average molecular weight is 531 g/mol. The summed E-state index contributed by atoms with van der Waals surface area (Å²) in [6, 6.07) is 7.48. The molecule has 0 radical (unpaired) electrons. The van der Waals surface area contributed by atoms with Crippen LogP contribution in [0, 0.1) is 12.3 Å². The zero-order chi connectivity index (χ0) is 26.8. The van der Waals surface area contributed by atoms with E-state index in [4.69, 9.17) is 0 Å². The minimum atomic E-state index is -0.301. The van der Waals surface area contributed by atoms with Crippen LogP contribution in [0.5, 0.6) is 0 Å². The van der Waals surface area contributed by atoms with E-state index in [0.717, 1.165) is 23.3 Å². The van der Waals surface area contributed by atoms with Crippen LogP contribution in [-0.2, 0) is 33.0 Å². The maximum Gasteiger partial charge on any atom is 0.276 e. The van der Waals surface area contributed by atoms with Crippen molar-refractivity contribution in [2.45, 2.75) is 46.8 Å². The van der Waals surface area contributed by atoms with Gasteiger partial charge in [-0.2, -0.15) is 4.37 Å². The van der Waals surface area contributed by atoms with E-state index in [0.29, 0.717) is 47.2 Å². The lowest BCUT2D eigenvalue weighted by atomic mass is 9.90. The van der Waals surface area contributed by atoms with Gasteiger partial charge in [0.25, 0.3) is 11.5 Å². The molecule has 196 valence electrons. The molecule has 0 aromatic carbocycles. The number of nitrogens with zero attached hydrogens (tertiary/aromatic N) is 5. The molecule has 0 atom stereocenters. The Bertz CT molecular complexity index is 1650. The highest BCUT2D eigenvalue weighted by molar-refractivity contribution is 7.06. The Labute approximate surface area is 224 Å². The van der Waals surface area contributed by atoms with Crippen LogP contribution < -0.4 is 15.8 Å². The minimum Gasteiger partial charge on any atom is -0.392 e. The van der Waals surface area contributed by atoms with Gasteiger partial charge < -0.3 is 19.6 Å². The molecule has 0 saturated heterocycles. The maximum absolute atomic E-state index is 13.7. The molecule has 0 bridgehead atoms. The second kappa shape index (κ2) is 8.92. The van der Waals surface area contributed by atoms with Gasteiger partial charge in [0, 0.05) is 54.2 Å². The summed E-state index contributed by atoms with van der Waals surface area (Å²) in [5.74, 6) is 0.947. The van der Waals surface area contributed by atoms with E-state index in [2.05, 4.69) is 33.1 Å². The monoisotopic (exact) mass is 530 g/mol. The number of carbonyl (C=O) groups excluding carboxylic acids is 1. The summed E-state index contributed by atoms with van der Waals surface area (Å²) in [4.78, 5) is 33.8. The van der Waals surface area contributed by atoms with Crippen molar-refractivity contribution >= 4 is 34.8 Å². The molecule has 38 heavy (non-hydrogen) atoms. The Morgan fingerprint density at radius 2 is 1.97 bits per heavy atom. The molecule has 1 aliphatic heterocycles. The maximum atomic E-state index is 13.7. The molecule has 9 nitrogen and oxygen atoms in total. The van der Waals surface area contributed by atoms with E-state index in [1.54, 1.807) is 36.5 Å². The molecular weight excluding hydrogens is 500 g/mol. The van der Waals surface area contributed by atoms with Crippen molar-refractivity contribution in [3.63, 3.8) is 0 Å². The average Bonchev–Trinajstić information content (AvgIpc) is 3.53. The van der Waals surface area contributed by atoms with Gasteiger partial charge in [-0.15, -0.1) is 0 Å². The molecule has 6 rings (SSSR count). The second-order valence-electron chi connectivity index (χ2n) is 11.0. The van der Waals surface area contributed by atoms with Gasteiger partial charge in [-0.25, -0.2) is 4.98 Å². The fraction of sp³-hybridized carbons (Fsp3) is 0.357. The summed E-state index contributed by atoms with van der Waals surface area (Å²) < 4.78 is 8.00. The molecular formula is C28H30N6O3S. The Morgan fingerprint density at radius 1 is 1.16 bits per heavy atom. The summed E-state index contributed by atoms with van der Waals surface area (Å²) in [6.07, 6.45) is 5.31. The molecule has 2 aliphatic rings. The smallest absolute Gasteiger partial charge is 0.276 e. The van der Waals surface area contributed by atoms with Crippen molar-refractivity contribution in [1.82, 2.24) is 18.5 Å². The van der Waals surface area contributed by atoms with E-state index in [9.17, 15) is 14.7 Å².